The molecule has 0 amide bonds. The van der Waals surface area contributed by atoms with Crippen LogP contribution in [-0.4, -0.2) is 35.0 Å². The lowest BCUT2D eigenvalue weighted by atomic mass is 9.85. The van der Waals surface area contributed by atoms with Crippen molar-refractivity contribution in [1.29, 1.82) is 0 Å². The fourth-order valence-electron chi connectivity index (χ4n) is 2.39. The van der Waals surface area contributed by atoms with E-state index in [0.29, 0.717) is 5.41 Å². The smallest absolute Gasteiger partial charge is 0.338 e. The number of ether oxygens (including phenoxy) is 1. The molecule has 0 bridgehead atoms. The minimum Gasteiger partial charge on any atom is -0.394 e. The standard InChI is InChI=1S/C12H26O3Si/c1-5-12(9-13-10-12)11-16(8-4,14-6-2)15-7-3/h5-11H2,1-4H3. The van der Waals surface area contributed by atoms with Crippen LogP contribution in [0.2, 0.25) is 12.1 Å². The van der Waals surface area contributed by atoms with Crippen molar-refractivity contribution in [2.45, 2.75) is 46.2 Å². The van der Waals surface area contributed by atoms with Gasteiger partial charge in [-0.1, -0.05) is 13.8 Å². The summed E-state index contributed by atoms with van der Waals surface area (Å²) in [5.41, 5.74) is 0.340. The molecule has 0 atom stereocenters. The van der Waals surface area contributed by atoms with Gasteiger partial charge in [0.15, 0.2) is 0 Å². The second kappa shape index (κ2) is 6.14. The average molecular weight is 246 g/mol. The van der Waals surface area contributed by atoms with Crippen LogP contribution < -0.4 is 0 Å². The van der Waals surface area contributed by atoms with Gasteiger partial charge in [0.2, 0.25) is 0 Å². The van der Waals surface area contributed by atoms with Crippen LogP contribution in [0.5, 0.6) is 0 Å². The van der Waals surface area contributed by atoms with Crippen molar-refractivity contribution >= 4 is 8.56 Å². The molecule has 1 heterocycles. The zero-order chi connectivity index (χ0) is 12.1. The molecule has 1 rings (SSSR count). The Morgan fingerprint density at radius 1 is 1.06 bits per heavy atom. The van der Waals surface area contributed by atoms with Crippen molar-refractivity contribution < 1.29 is 13.6 Å². The quantitative estimate of drug-likeness (QED) is 0.616. The highest BCUT2D eigenvalue weighted by Crippen LogP contribution is 2.41. The molecule has 1 fully saturated rings. The normalized spacial score (nSPS) is 19.5. The highest BCUT2D eigenvalue weighted by atomic mass is 28.4. The summed E-state index contributed by atoms with van der Waals surface area (Å²) in [5.74, 6) is 0. The van der Waals surface area contributed by atoms with E-state index in [9.17, 15) is 0 Å². The van der Waals surface area contributed by atoms with E-state index in [1.54, 1.807) is 0 Å². The summed E-state index contributed by atoms with van der Waals surface area (Å²) < 4.78 is 17.4. The lowest BCUT2D eigenvalue weighted by molar-refractivity contribution is -0.108. The van der Waals surface area contributed by atoms with Crippen LogP contribution >= 0.6 is 0 Å². The SMILES string of the molecule is CCO[Si](CC)(CC1(CC)COC1)OCC. The van der Waals surface area contributed by atoms with Crippen molar-refractivity contribution in [2.75, 3.05) is 26.4 Å². The Kier molecular flexibility index (Phi) is 5.44. The van der Waals surface area contributed by atoms with Gasteiger partial charge < -0.3 is 13.6 Å². The van der Waals surface area contributed by atoms with E-state index in [-0.39, 0.29) is 0 Å². The predicted molar refractivity (Wildman–Crippen MR) is 67.8 cm³/mol. The van der Waals surface area contributed by atoms with Crippen molar-refractivity contribution in [3.63, 3.8) is 0 Å². The molecule has 0 saturated carbocycles. The van der Waals surface area contributed by atoms with Crippen molar-refractivity contribution in [2.24, 2.45) is 5.41 Å². The summed E-state index contributed by atoms with van der Waals surface area (Å²) in [4.78, 5) is 0. The second-order valence-electron chi connectivity index (χ2n) is 4.65. The summed E-state index contributed by atoms with van der Waals surface area (Å²) >= 11 is 0. The topological polar surface area (TPSA) is 27.7 Å². The molecule has 4 heteroatoms. The van der Waals surface area contributed by atoms with E-state index in [1.165, 1.54) is 6.42 Å². The molecular weight excluding hydrogens is 220 g/mol. The van der Waals surface area contributed by atoms with E-state index in [1.807, 2.05) is 0 Å². The molecule has 0 aromatic heterocycles. The summed E-state index contributed by atoms with van der Waals surface area (Å²) in [7, 11) is -1.98. The lowest BCUT2D eigenvalue weighted by Crippen LogP contribution is -2.53. The average Bonchev–Trinajstić information content (AvgIpc) is 2.24. The van der Waals surface area contributed by atoms with Gasteiger partial charge in [0, 0.05) is 24.7 Å². The van der Waals surface area contributed by atoms with E-state index in [2.05, 4.69) is 27.7 Å². The Hall–Kier alpha value is 0.0969. The highest BCUT2D eigenvalue weighted by Gasteiger charge is 2.48. The molecular formula is C12H26O3Si. The monoisotopic (exact) mass is 246 g/mol. The first kappa shape index (κ1) is 14.2. The Labute approximate surface area is 101 Å². The lowest BCUT2D eigenvalue weighted by Gasteiger charge is -2.45. The van der Waals surface area contributed by atoms with Gasteiger partial charge in [-0.15, -0.1) is 0 Å². The largest absolute Gasteiger partial charge is 0.394 e. The van der Waals surface area contributed by atoms with Gasteiger partial charge >= 0.3 is 8.56 Å². The molecule has 1 saturated heterocycles. The van der Waals surface area contributed by atoms with Gasteiger partial charge in [-0.25, -0.2) is 0 Å². The Bertz CT molecular complexity index is 193. The maximum atomic E-state index is 6.01. The second-order valence-corrected chi connectivity index (χ2v) is 8.11. The van der Waals surface area contributed by atoms with E-state index >= 15 is 0 Å². The number of hydrogen-bond donors (Lipinski definition) is 0. The zero-order valence-corrected chi connectivity index (χ0v) is 12.2. The van der Waals surface area contributed by atoms with E-state index < -0.39 is 8.56 Å². The van der Waals surface area contributed by atoms with Crippen molar-refractivity contribution in [1.82, 2.24) is 0 Å². The molecule has 1 aliphatic heterocycles. The van der Waals surface area contributed by atoms with Crippen LogP contribution in [0.25, 0.3) is 0 Å². The van der Waals surface area contributed by atoms with Gasteiger partial charge in [0.25, 0.3) is 0 Å². The van der Waals surface area contributed by atoms with Crippen molar-refractivity contribution in [3.8, 4) is 0 Å². The predicted octanol–water partition coefficient (Wildman–Crippen LogP) is 2.95. The minimum atomic E-state index is -1.98. The Balaban J connectivity index is 2.67. The molecule has 0 radical (unpaired) electrons. The van der Waals surface area contributed by atoms with Gasteiger partial charge in [-0.2, -0.15) is 0 Å². The van der Waals surface area contributed by atoms with Crippen LogP contribution in [0.3, 0.4) is 0 Å². The highest BCUT2D eigenvalue weighted by molar-refractivity contribution is 6.67. The minimum absolute atomic E-state index is 0.340. The fraction of sp³-hybridized carbons (Fsp3) is 1.00. The first-order valence-electron chi connectivity index (χ1n) is 6.51. The summed E-state index contributed by atoms with van der Waals surface area (Å²) in [5, 5.41) is 0. The third-order valence-electron chi connectivity index (χ3n) is 3.56. The molecule has 0 unspecified atom stereocenters. The number of rotatable bonds is 8. The van der Waals surface area contributed by atoms with Crippen LogP contribution in [0, 0.1) is 5.41 Å². The molecule has 3 nitrogen and oxygen atoms in total. The summed E-state index contributed by atoms with van der Waals surface area (Å²) in [6, 6.07) is 2.13. The molecule has 16 heavy (non-hydrogen) atoms. The Morgan fingerprint density at radius 2 is 1.62 bits per heavy atom. The van der Waals surface area contributed by atoms with Crippen LogP contribution in [0.4, 0.5) is 0 Å². The third kappa shape index (κ3) is 3.06. The van der Waals surface area contributed by atoms with E-state index in [4.69, 9.17) is 13.6 Å². The molecule has 0 aromatic rings. The van der Waals surface area contributed by atoms with Gasteiger partial charge in [-0.05, 0) is 26.3 Å². The van der Waals surface area contributed by atoms with Crippen LogP contribution in [0.15, 0.2) is 0 Å². The summed E-state index contributed by atoms with van der Waals surface area (Å²) in [6.45, 7) is 11.9. The maximum Gasteiger partial charge on any atom is 0.338 e. The third-order valence-corrected chi connectivity index (χ3v) is 7.56. The van der Waals surface area contributed by atoms with Gasteiger partial charge in [0.05, 0.1) is 13.2 Å². The molecule has 0 spiro atoms. The molecule has 1 aliphatic rings. The van der Waals surface area contributed by atoms with E-state index in [0.717, 1.165) is 38.5 Å². The first-order chi connectivity index (χ1) is 7.66. The molecule has 0 aliphatic carbocycles. The number of hydrogen-bond acceptors (Lipinski definition) is 3. The van der Waals surface area contributed by atoms with Crippen LogP contribution in [0.1, 0.15) is 34.1 Å². The molecule has 96 valence electrons. The maximum absolute atomic E-state index is 6.01. The summed E-state index contributed by atoms with van der Waals surface area (Å²) in [6.07, 6.45) is 1.17. The molecule has 0 N–H and O–H groups in total. The van der Waals surface area contributed by atoms with Gasteiger partial charge in [0.1, 0.15) is 0 Å². The van der Waals surface area contributed by atoms with Crippen molar-refractivity contribution in [3.05, 3.63) is 0 Å². The molecule has 0 aromatic carbocycles. The van der Waals surface area contributed by atoms with Gasteiger partial charge in [-0.3, -0.25) is 0 Å². The first-order valence-corrected chi connectivity index (χ1v) is 8.74. The Morgan fingerprint density at radius 3 is 1.88 bits per heavy atom. The fourth-order valence-corrected chi connectivity index (χ4v) is 5.99. The van der Waals surface area contributed by atoms with Crippen LogP contribution in [-0.2, 0) is 13.6 Å². The zero-order valence-electron chi connectivity index (χ0n) is 11.2.